The molecule has 0 saturated carbocycles. The van der Waals surface area contributed by atoms with Crippen LogP contribution in [0.4, 0.5) is 0 Å². The number of carbonyl (C=O) groups is 1. The van der Waals surface area contributed by atoms with Gasteiger partial charge in [0.2, 0.25) is 5.75 Å². The molecule has 3 aromatic rings. The third-order valence-corrected chi connectivity index (χ3v) is 4.43. The number of nitrogens with zero attached hydrogens (tertiary/aromatic N) is 2. The van der Waals surface area contributed by atoms with Crippen LogP contribution in [0.5, 0.6) is 17.2 Å². The maximum atomic E-state index is 12.4. The van der Waals surface area contributed by atoms with Crippen molar-refractivity contribution in [2.75, 3.05) is 14.2 Å². The number of methoxy groups -OCH3 is 2. The summed E-state index contributed by atoms with van der Waals surface area (Å²) in [5, 5.41) is 14.7. The lowest BCUT2D eigenvalue weighted by atomic mass is 10.2. The van der Waals surface area contributed by atoms with E-state index in [1.807, 2.05) is 0 Å². The van der Waals surface area contributed by atoms with Crippen LogP contribution in [0.15, 0.2) is 34.6 Å². The molecule has 1 aromatic carbocycles. The molecule has 3 rings (SSSR count). The minimum atomic E-state index is -0.813. The fourth-order valence-corrected chi connectivity index (χ4v) is 2.90. The second-order valence-corrected chi connectivity index (χ2v) is 6.22. The van der Waals surface area contributed by atoms with Gasteiger partial charge in [0.05, 0.1) is 14.2 Å². The minimum absolute atomic E-state index is 0.115. The Morgan fingerprint density at radius 2 is 2.07 bits per heavy atom. The number of nitrogens with one attached hydrogen (secondary N) is 2. The van der Waals surface area contributed by atoms with Crippen LogP contribution in [0, 0.1) is 0 Å². The van der Waals surface area contributed by atoms with Crippen LogP contribution < -0.4 is 20.3 Å². The van der Waals surface area contributed by atoms with Crippen molar-refractivity contribution in [3.05, 3.63) is 51.4 Å². The van der Waals surface area contributed by atoms with Crippen molar-refractivity contribution in [2.45, 2.75) is 6.54 Å². The van der Waals surface area contributed by atoms with Crippen LogP contribution in [0.3, 0.4) is 0 Å². The summed E-state index contributed by atoms with van der Waals surface area (Å²) in [6, 6.07) is 5.18. The van der Waals surface area contributed by atoms with Crippen LogP contribution in [-0.2, 0) is 6.54 Å². The third kappa shape index (κ3) is 3.90. The molecule has 0 aliphatic heterocycles. The van der Waals surface area contributed by atoms with Gasteiger partial charge in [-0.15, -0.1) is 11.3 Å². The average Bonchev–Trinajstić information content (AvgIpc) is 3.22. The normalized spacial score (nSPS) is 10.4. The lowest BCUT2D eigenvalue weighted by Gasteiger charge is -2.10. The Kier molecular flexibility index (Phi) is 5.36. The average molecular weight is 388 g/mol. The van der Waals surface area contributed by atoms with Crippen molar-refractivity contribution in [1.29, 1.82) is 0 Å². The molecule has 3 N–H and O–H groups in total. The van der Waals surface area contributed by atoms with E-state index in [1.54, 1.807) is 29.8 Å². The van der Waals surface area contributed by atoms with Gasteiger partial charge in [-0.2, -0.15) is 0 Å². The van der Waals surface area contributed by atoms with Crippen LogP contribution >= 0.6 is 11.3 Å². The number of hydrogen-bond acceptors (Lipinski definition) is 8. The molecule has 0 aliphatic carbocycles. The molecule has 0 atom stereocenters. The first kappa shape index (κ1) is 18.4. The summed E-state index contributed by atoms with van der Waals surface area (Å²) >= 11 is 1.25. The smallest absolute Gasteiger partial charge is 0.294 e. The second-order valence-electron chi connectivity index (χ2n) is 5.32. The maximum Gasteiger partial charge on any atom is 0.294 e. The Morgan fingerprint density at radius 1 is 1.30 bits per heavy atom. The Balaban J connectivity index is 1.81. The number of rotatable bonds is 6. The number of hydrogen-bond donors (Lipinski definition) is 3. The highest BCUT2D eigenvalue weighted by Crippen LogP contribution is 2.27. The molecule has 27 heavy (non-hydrogen) atoms. The number of thiazole rings is 1. The Morgan fingerprint density at radius 3 is 2.74 bits per heavy atom. The Labute approximate surface area is 157 Å². The number of aromatic hydroxyl groups is 1. The van der Waals surface area contributed by atoms with Gasteiger partial charge >= 0.3 is 0 Å². The molecule has 1 amide bonds. The molecule has 0 fully saturated rings. The van der Waals surface area contributed by atoms with E-state index in [4.69, 9.17) is 9.47 Å². The molecule has 0 saturated heterocycles. The fraction of sp³-hybridized carbons (Fsp3) is 0.176. The zero-order valence-corrected chi connectivity index (χ0v) is 15.3. The van der Waals surface area contributed by atoms with Gasteiger partial charge in [0, 0.05) is 18.1 Å². The highest BCUT2D eigenvalue weighted by molar-refractivity contribution is 7.13. The number of benzene rings is 1. The number of carbonyl (C=O) groups excluding carboxylic acids is 1. The van der Waals surface area contributed by atoms with E-state index < -0.39 is 17.2 Å². The van der Waals surface area contributed by atoms with Gasteiger partial charge in [0.25, 0.3) is 11.5 Å². The standard InChI is InChI=1S/C17H16N4O5S/c1-25-10-4-3-9(7-11(10)26-2)8-19-15(23)12-13(22)16(24)21-14(20-12)17-18-5-6-27-17/h3-7,22H,8H2,1-2H3,(H,19,23)(H,20,21,24). The van der Waals surface area contributed by atoms with Gasteiger partial charge in [0.15, 0.2) is 28.0 Å². The quantitative estimate of drug-likeness (QED) is 0.585. The van der Waals surface area contributed by atoms with E-state index in [9.17, 15) is 14.7 Å². The van der Waals surface area contributed by atoms with Crippen LogP contribution in [-0.4, -0.2) is 40.2 Å². The molecule has 0 bridgehead atoms. The molecule has 10 heteroatoms. The number of H-pyrrole nitrogens is 1. The van der Waals surface area contributed by atoms with Gasteiger partial charge < -0.3 is 24.9 Å². The largest absolute Gasteiger partial charge is 0.501 e. The number of ether oxygens (including phenoxy) is 2. The third-order valence-electron chi connectivity index (χ3n) is 3.65. The molecule has 0 aliphatic rings. The molecule has 0 radical (unpaired) electrons. The Hall–Kier alpha value is -3.40. The first-order valence-corrected chi connectivity index (χ1v) is 8.63. The number of aromatic amines is 1. The summed E-state index contributed by atoms with van der Waals surface area (Å²) in [4.78, 5) is 34.8. The van der Waals surface area contributed by atoms with E-state index in [2.05, 4.69) is 20.3 Å². The maximum absolute atomic E-state index is 12.4. The highest BCUT2D eigenvalue weighted by Gasteiger charge is 2.19. The van der Waals surface area contributed by atoms with Crippen molar-refractivity contribution in [1.82, 2.24) is 20.3 Å². The number of aromatic nitrogens is 3. The zero-order chi connectivity index (χ0) is 19.4. The summed E-state index contributed by atoms with van der Waals surface area (Å²) < 4.78 is 10.4. The lowest BCUT2D eigenvalue weighted by Crippen LogP contribution is -2.26. The van der Waals surface area contributed by atoms with Gasteiger partial charge in [-0.3, -0.25) is 9.59 Å². The van der Waals surface area contributed by atoms with Gasteiger partial charge in [-0.1, -0.05) is 6.07 Å². The number of amides is 1. The summed E-state index contributed by atoms with van der Waals surface area (Å²) in [7, 11) is 3.04. The first-order chi connectivity index (χ1) is 13.0. The van der Waals surface area contributed by atoms with Crippen molar-refractivity contribution >= 4 is 17.2 Å². The van der Waals surface area contributed by atoms with Crippen LogP contribution in [0.25, 0.3) is 10.8 Å². The van der Waals surface area contributed by atoms with Gasteiger partial charge in [-0.25, -0.2) is 9.97 Å². The van der Waals surface area contributed by atoms with Gasteiger partial charge in [-0.05, 0) is 17.7 Å². The minimum Gasteiger partial charge on any atom is -0.501 e. The van der Waals surface area contributed by atoms with Crippen molar-refractivity contribution in [3.8, 4) is 28.1 Å². The first-order valence-electron chi connectivity index (χ1n) is 7.75. The topological polar surface area (TPSA) is 126 Å². The predicted octanol–water partition coefficient (Wildman–Crippen LogP) is 1.55. The summed E-state index contributed by atoms with van der Waals surface area (Å²) in [6.45, 7) is 0.139. The van der Waals surface area contributed by atoms with Crippen molar-refractivity contribution in [2.24, 2.45) is 0 Å². The van der Waals surface area contributed by atoms with Crippen molar-refractivity contribution < 1.29 is 19.4 Å². The molecule has 2 aromatic heterocycles. The Bertz CT molecular complexity index is 1020. The SMILES string of the molecule is COc1ccc(CNC(=O)c2nc(-c3nccs3)[nH]c(=O)c2O)cc1OC. The van der Waals surface area contributed by atoms with E-state index in [1.165, 1.54) is 25.6 Å². The second kappa shape index (κ2) is 7.87. The van der Waals surface area contributed by atoms with Crippen molar-refractivity contribution in [3.63, 3.8) is 0 Å². The summed E-state index contributed by atoms with van der Waals surface area (Å²) in [5.41, 5.74) is -0.443. The van der Waals surface area contributed by atoms with E-state index in [-0.39, 0.29) is 18.1 Å². The van der Waals surface area contributed by atoms with E-state index in [0.29, 0.717) is 16.5 Å². The molecular weight excluding hydrogens is 372 g/mol. The van der Waals surface area contributed by atoms with Crippen LogP contribution in [0.2, 0.25) is 0 Å². The monoisotopic (exact) mass is 388 g/mol. The molecular formula is C17H16N4O5S. The van der Waals surface area contributed by atoms with Gasteiger partial charge in [0.1, 0.15) is 0 Å². The summed E-state index contributed by atoms with van der Waals surface area (Å²) in [5.74, 6) is -0.239. The molecule has 140 valence electrons. The van der Waals surface area contributed by atoms with Crippen LogP contribution in [0.1, 0.15) is 16.1 Å². The molecule has 0 unspecified atom stereocenters. The predicted molar refractivity (Wildman–Crippen MR) is 98.3 cm³/mol. The lowest BCUT2D eigenvalue weighted by molar-refractivity contribution is 0.0942. The highest BCUT2D eigenvalue weighted by atomic mass is 32.1. The van der Waals surface area contributed by atoms with E-state index >= 15 is 0 Å². The van der Waals surface area contributed by atoms with E-state index in [0.717, 1.165) is 5.56 Å². The molecule has 9 nitrogen and oxygen atoms in total. The molecule has 0 spiro atoms. The fourth-order valence-electron chi connectivity index (χ4n) is 2.32. The zero-order valence-electron chi connectivity index (χ0n) is 14.5. The summed E-state index contributed by atoms with van der Waals surface area (Å²) in [6.07, 6.45) is 1.55. The molecule has 2 heterocycles.